The van der Waals surface area contributed by atoms with Gasteiger partial charge in [0.05, 0.1) is 6.61 Å². The van der Waals surface area contributed by atoms with Gasteiger partial charge in [0.15, 0.2) is 0 Å². The van der Waals surface area contributed by atoms with Crippen LogP contribution in [-0.4, -0.2) is 23.5 Å². The summed E-state index contributed by atoms with van der Waals surface area (Å²) >= 11 is 0. The van der Waals surface area contributed by atoms with E-state index in [9.17, 15) is 9.59 Å². The zero-order valence-corrected chi connectivity index (χ0v) is 13.7. The standard InChI is InChI=1S/C18H26N2O3/c1-13-7-8-14(12-21)11-16(13)20-17(22)9-10-19-18(23)15-5-3-2-4-6-15/h7-8,11,15,21H,2-6,9-10,12H2,1H3,(H,19,23)(H,20,22). The van der Waals surface area contributed by atoms with Gasteiger partial charge in [-0.25, -0.2) is 0 Å². The summed E-state index contributed by atoms with van der Waals surface area (Å²) < 4.78 is 0. The average Bonchev–Trinajstić information content (AvgIpc) is 2.57. The summed E-state index contributed by atoms with van der Waals surface area (Å²) in [5, 5.41) is 14.9. The maximum Gasteiger partial charge on any atom is 0.226 e. The monoisotopic (exact) mass is 318 g/mol. The van der Waals surface area contributed by atoms with Crippen molar-refractivity contribution in [2.45, 2.75) is 52.1 Å². The van der Waals surface area contributed by atoms with E-state index in [-0.39, 0.29) is 30.8 Å². The Morgan fingerprint density at radius 1 is 1.22 bits per heavy atom. The molecule has 1 aromatic rings. The highest BCUT2D eigenvalue weighted by atomic mass is 16.3. The molecule has 0 spiro atoms. The maximum atomic E-state index is 12.0. The van der Waals surface area contributed by atoms with Gasteiger partial charge < -0.3 is 15.7 Å². The van der Waals surface area contributed by atoms with Crippen LogP contribution in [0.1, 0.15) is 49.7 Å². The van der Waals surface area contributed by atoms with Gasteiger partial charge in [0, 0.05) is 24.6 Å². The number of anilines is 1. The Kier molecular flexibility index (Phi) is 6.59. The molecule has 0 atom stereocenters. The van der Waals surface area contributed by atoms with E-state index in [1.54, 1.807) is 6.07 Å². The van der Waals surface area contributed by atoms with E-state index in [4.69, 9.17) is 5.11 Å². The molecular formula is C18H26N2O3. The molecule has 0 radical (unpaired) electrons. The number of amides is 2. The van der Waals surface area contributed by atoms with Gasteiger partial charge in [-0.3, -0.25) is 9.59 Å². The molecule has 0 unspecified atom stereocenters. The number of hydrogen-bond acceptors (Lipinski definition) is 3. The van der Waals surface area contributed by atoms with Crippen molar-refractivity contribution in [2.75, 3.05) is 11.9 Å². The van der Waals surface area contributed by atoms with Gasteiger partial charge in [0.1, 0.15) is 0 Å². The lowest BCUT2D eigenvalue weighted by Crippen LogP contribution is -2.34. The number of aliphatic hydroxyl groups is 1. The topological polar surface area (TPSA) is 78.4 Å². The van der Waals surface area contributed by atoms with Crippen molar-refractivity contribution >= 4 is 17.5 Å². The highest BCUT2D eigenvalue weighted by Gasteiger charge is 2.20. The van der Waals surface area contributed by atoms with E-state index in [0.717, 1.165) is 36.8 Å². The predicted octanol–water partition coefficient (Wildman–Crippen LogP) is 2.51. The van der Waals surface area contributed by atoms with Crippen LogP contribution >= 0.6 is 0 Å². The van der Waals surface area contributed by atoms with Crippen LogP contribution in [0.25, 0.3) is 0 Å². The Balaban J connectivity index is 1.75. The summed E-state index contributed by atoms with van der Waals surface area (Å²) in [6.07, 6.45) is 5.65. The Labute approximate surface area is 137 Å². The minimum absolute atomic E-state index is 0.0550. The fourth-order valence-electron chi connectivity index (χ4n) is 2.92. The Morgan fingerprint density at radius 2 is 1.96 bits per heavy atom. The summed E-state index contributed by atoms with van der Waals surface area (Å²) in [5.41, 5.74) is 2.42. The molecule has 1 aromatic carbocycles. The van der Waals surface area contributed by atoms with Gasteiger partial charge in [-0.15, -0.1) is 0 Å². The molecule has 23 heavy (non-hydrogen) atoms. The first kappa shape index (κ1) is 17.5. The first-order valence-corrected chi connectivity index (χ1v) is 8.38. The highest BCUT2D eigenvalue weighted by Crippen LogP contribution is 2.23. The summed E-state index contributed by atoms with van der Waals surface area (Å²) in [7, 11) is 0. The van der Waals surface area contributed by atoms with Crippen molar-refractivity contribution < 1.29 is 14.7 Å². The molecule has 0 saturated heterocycles. The van der Waals surface area contributed by atoms with E-state index in [1.807, 2.05) is 19.1 Å². The molecule has 126 valence electrons. The molecule has 0 heterocycles. The van der Waals surface area contributed by atoms with Crippen molar-refractivity contribution in [3.63, 3.8) is 0 Å². The average molecular weight is 318 g/mol. The molecule has 0 aromatic heterocycles. The molecule has 2 amide bonds. The molecular weight excluding hydrogens is 292 g/mol. The van der Waals surface area contributed by atoms with E-state index < -0.39 is 0 Å². The fraction of sp³-hybridized carbons (Fsp3) is 0.556. The summed E-state index contributed by atoms with van der Waals surface area (Å²) in [5.74, 6) is 0.0679. The minimum Gasteiger partial charge on any atom is -0.392 e. The molecule has 1 aliphatic rings. The van der Waals surface area contributed by atoms with Gasteiger partial charge in [-0.1, -0.05) is 31.4 Å². The van der Waals surface area contributed by atoms with Crippen LogP contribution in [0.2, 0.25) is 0 Å². The number of rotatable bonds is 6. The Hall–Kier alpha value is -1.88. The molecule has 0 aliphatic heterocycles. The van der Waals surface area contributed by atoms with Crippen LogP contribution in [0.4, 0.5) is 5.69 Å². The molecule has 3 N–H and O–H groups in total. The quantitative estimate of drug-likeness (QED) is 0.754. The number of aliphatic hydroxyl groups excluding tert-OH is 1. The highest BCUT2D eigenvalue weighted by molar-refractivity contribution is 5.92. The van der Waals surface area contributed by atoms with Crippen LogP contribution in [0.15, 0.2) is 18.2 Å². The number of carbonyl (C=O) groups is 2. The summed E-state index contributed by atoms with van der Waals surface area (Å²) in [4.78, 5) is 24.0. The van der Waals surface area contributed by atoms with Crippen LogP contribution in [-0.2, 0) is 16.2 Å². The molecule has 5 heteroatoms. The van der Waals surface area contributed by atoms with Crippen LogP contribution < -0.4 is 10.6 Å². The van der Waals surface area contributed by atoms with Gasteiger partial charge >= 0.3 is 0 Å². The smallest absolute Gasteiger partial charge is 0.226 e. The summed E-state index contributed by atoms with van der Waals surface area (Å²) in [6.45, 7) is 2.21. The Morgan fingerprint density at radius 3 is 2.65 bits per heavy atom. The lowest BCUT2D eigenvalue weighted by Gasteiger charge is -2.20. The van der Waals surface area contributed by atoms with Crippen LogP contribution in [0.3, 0.4) is 0 Å². The molecule has 1 saturated carbocycles. The second-order valence-corrected chi connectivity index (χ2v) is 6.23. The number of aryl methyl sites for hydroxylation is 1. The number of nitrogens with one attached hydrogen (secondary N) is 2. The number of carbonyl (C=O) groups excluding carboxylic acids is 2. The van der Waals surface area contributed by atoms with Crippen molar-refractivity contribution in [3.8, 4) is 0 Å². The van der Waals surface area contributed by atoms with Gasteiger partial charge in [0.2, 0.25) is 11.8 Å². The Bertz CT molecular complexity index is 551. The van der Waals surface area contributed by atoms with Crippen LogP contribution in [0.5, 0.6) is 0 Å². The third-order valence-corrected chi connectivity index (χ3v) is 4.39. The lowest BCUT2D eigenvalue weighted by atomic mass is 9.89. The summed E-state index contributed by atoms with van der Waals surface area (Å²) in [6, 6.07) is 5.47. The number of hydrogen-bond donors (Lipinski definition) is 3. The first-order chi connectivity index (χ1) is 11.1. The zero-order chi connectivity index (χ0) is 16.7. The number of benzene rings is 1. The van der Waals surface area contributed by atoms with Crippen molar-refractivity contribution in [1.82, 2.24) is 5.32 Å². The van der Waals surface area contributed by atoms with E-state index in [1.165, 1.54) is 6.42 Å². The first-order valence-electron chi connectivity index (χ1n) is 8.38. The largest absolute Gasteiger partial charge is 0.392 e. The van der Waals surface area contributed by atoms with Crippen molar-refractivity contribution in [1.29, 1.82) is 0 Å². The van der Waals surface area contributed by atoms with E-state index in [2.05, 4.69) is 10.6 Å². The third-order valence-electron chi connectivity index (χ3n) is 4.39. The molecule has 5 nitrogen and oxygen atoms in total. The zero-order valence-electron chi connectivity index (χ0n) is 13.7. The minimum atomic E-state index is -0.132. The molecule has 0 bridgehead atoms. The van der Waals surface area contributed by atoms with Gasteiger partial charge in [-0.05, 0) is 37.0 Å². The van der Waals surface area contributed by atoms with E-state index >= 15 is 0 Å². The van der Waals surface area contributed by atoms with Crippen molar-refractivity contribution in [3.05, 3.63) is 29.3 Å². The maximum absolute atomic E-state index is 12.0. The second kappa shape index (κ2) is 8.67. The van der Waals surface area contributed by atoms with Gasteiger partial charge in [-0.2, -0.15) is 0 Å². The second-order valence-electron chi connectivity index (χ2n) is 6.23. The van der Waals surface area contributed by atoms with Crippen LogP contribution in [0, 0.1) is 12.8 Å². The van der Waals surface area contributed by atoms with E-state index in [0.29, 0.717) is 12.2 Å². The lowest BCUT2D eigenvalue weighted by molar-refractivity contribution is -0.126. The predicted molar refractivity (Wildman–Crippen MR) is 89.9 cm³/mol. The normalized spacial score (nSPS) is 15.2. The van der Waals surface area contributed by atoms with Gasteiger partial charge in [0.25, 0.3) is 0 Å². The van der Waals surface area contributed by atoms with Crippen molar-refractivity contribution in [2.24, 2.45) is 5.92 Å². The fourth-order valence-corrected chi connectivity index (χ4v) is 2.92. The molecule has 2 rings (SSSR count). The third kappa shape index (κ3) is 5.36. The SMILES string of the molecule is Cc1ccc(CO)cc1NC(=O)CCNC(=O)C1CCCCC1. The molecule has 1 fully saturated rings. The molecule has 1 aliphatic carbocycles.